The SMILES string of the molecule is C=C(C)C(=O)OC1(CC)CCCCC1=C. The summed E-state index contributed by atoms with van der Waals surface area (Å²) in [5.41, 5.74) is 1.10. The van der Waals surface area contributed by atoms with Gasteiger partial charge in [-0.05, 0) is 44.6 Å². The van der Waals surface area contributed by atoms with E-state index in [1.807, 2.05) is 6.92 Å². The van der Waals surface area contributed by atoms with Crippen LogP contribution in [0.25, 0.3) is 0 Å². The van der Waals surface area contributed by atoms with E-state index in [4.69, 9.17) is 4.74 Å². The first kappa shape index (κ1) is 12.0. The molecule has 1 rings (SSSR count). The average molecular weight is 208 g/mol. The Labute approximate surface area is 92.0 Å². The molecule has 0 saturated heterocycles. The number of carbonyl (C=O) groups excluding carboxylic acids is 1. The van der Waals surface area contributed by atoms with Crippen LogP contribution >= 0.6 is 0 Å². The highest BCUT2D eigenvalue weighted by Crippen LogP contribution is 2.38. The first-order valence-electron chi connectivity index (χ1n) is 5.59. The molecule has 0 bridgehead atoms. The zero-order chi connectivity index (χ0) is 11.5. The van der Waals surface area contributed by atoms with Crippen LogP contribution < -0.4 is 0 Å². The lowest BCUT2D eigenvalue weighted by atomic mass is 9.79. The van der Waals surface area contributed by atoms with Crippen LogP contribution in [0.15, 0.2) is 24.3 Å². The molecule has 0 aromatic heterocycles. The van der Waals surface area contributed by atoms with E-state index in [0.29, 0.717) is 5.57 Å². The smallest absolute Gasteiger partial charge is 0.333 e. The van der Waals surface area contributed by atoms with Gasteiger partial charge in [0, 0.05) is 5.57 Å². The van der Waals surface area contributed by atoms with E-state index in [2.05, 4.69) is 13.2 Å². The van der Waals surface area contributed by atoms with Gasteiger partial charge in [0.1, 0.15) is 5.60 Å². The third-order valence-corrected chi connectivity index (χ3v) is 3.16. The monoisotopic (exact) mass is 208 g/mol. The van der Waals surface area contributed by atoms with Crippen LogP contribution in [0.4, 0.5) is 0 Å². The fourth-order valence-electron chi connectivity index (χ4n) is 2.04. The van der Waals surface area contributed by atoms with Crippen LogP contribution in [0, 0.1) is 0 Å². The molecule has 0 aromatic rings. The molecule has 0 aliphatic heterocycles. The summed E-state index contributed by atoms with van der Waals surface area (Å²) in [6.07, 6.45) is 4.95. The second kappa shape index (κ2) is 4.65. The largest absolute Gasteiger partial charge is 0.451 e. The van der Waals surface area contributed by atoms with Crippen molar-refractivity contribution < 1.29 is 9.53 Å². The van der Waals surface area contributed by atoms with Gasteiger partial charge in [-0.1, -0.05) is 20.1 Å². The molecular formula is C13H20O2. The third kappa shape index (κ3) is 2.49. The molecule has 2 heteroatoms. The number of esters is 1. The van der Waals surface area contributed by atoms with E-state index in [0.717, 1.165) is 37.7 Å². The highest BCUT2D eigenvalue weighted by molar-refractivity contribution is 5.87. The van der Waals surface area contributed by atoms with Gasteiger partial charge in [-0.25, -0.2) is 4.79 Å². The van der Waals surface area contributed by atoms with E-state index in [-0.39, 0.29) is 5.97 Å². The summed E-state index contributed by atoms with van der Waals surface area (Å²) in [5, 5.41) is 0. The quantitative estimate of drug-likeness (QED) is 0.404. The lowest BCUT2D eigenvalue weighted by Gasteiger charge is -2.38. The molecule has 1 aliphatic rings. The van der Waals surface area contributed by atoms with Crippen LogP contribution in [0.3, 0.4) is 0 Å². The molecule has 1 saturated carbocycles. The minimum atomic E-state index is -0.422. The summed E-state index contributed by atoms with van der Waals surface area (Å²) >= 11 is 0. The van der Waals surface area contributed by atoms with Gasteiger partial charge in [0.2, 0.25) is 0 Å². The van der Waals surface area contributed by atoms with E-state index in [1.54, 1.807) is 6.92 Å². The maximum atomic E-state index is 11.6. The lowest BCUT2D eigenvalue weighted by Crippen LogP contribution is -2.38. The van der Waals surface area contributed by atoms with Crippen molar-refractivity contribution >= 4 is 5.97 Å². The number of hydrogen-bond acceptors (Lipinski definition) is 2. The van der Waals surface area contributed by atoms with E-state index in [9.17, 15) is 4.79 Å². The van der Waals surface area contributed by atoms with Gasteiger partial charge in [0.05, 0.1) is 0 Å². The van der Waals surface area contributed by atoms with Crippen molar-refractivity contribution in [3.8, 4) is 0 Å². The molecule has 0 radical (unpaired) electrons. The number of hydrogen-bond donors (Lipinski definition) is 0. The normalized spacial score (nSPS) is 26.1. The van der Waals surface area contributed by atoms with Crippen LogP contribution in [-0.2, 0) is 9.53 Å². The molecule has 15 heavy (non-hydrogen) atoms. The van der Waals surface area contributed by atoms with Gasteiger partial charge in [-0.2, -0.15) is 0 Å². The Morgan fingerprint density at radius 1 is 1.53 bits per heavy atom. The second-order valence-electron chi connectivity index (χ2n) is 4.33. The Balaban J connectivity index is 2.79. The molecule has 1 aliphatic carbocycles. The Morgan fingerprint density at radius 3 is 2.67 bits per heavy atom. The maximum Gasteiger partial charge on any atom is 0.333 e. The zero-order valence-electron chi connectivity index (χ0n) is 9.77. The molecule has 1 fully saturated rings. The highest BCUT2D eigenvalue weighted by Gasteiger charge is 2.37. The summed E-state index contributed by atoms with van der Waals surface area (Å²) in [6.45, 7) is 11.4. The van der Waals surface area contributed by atoms with Crippen LogP contribution in [0.5, 0.6) is 0 Å². The minimum Gasteiger partial charge on any atom is -0.451 e. The standard InChI is InChI=1S/C13H20O2/c1-5-13(15-12(14)10(2)3)9-7-6-8-11(13)4/h2,4-9H2,1,3H3. The van der Waals surface area contributed by atoms with Crippen molar-refractivity contribution in [2.24, 2.45) is 0 Å². The van der Waals surface area contributed by atoms with Crippen molar-refractivity contribution in [1.29, 1.82) is 0 Å². The van der Waals surface area contributed by atoms with Gasteiger partial charge in [0.15, 0.2) is 0 Å². The van der Waals surface area contributed by atoms with E-state index in [1.165, 1.54) is 0 Å². The van der Waals surface area contributed by atoms with Crippen molar-refractivity contribution in [2.75, 3.05) is 0 Å². The molecule has 2 nitrogen and oxygen atoms in total. The van der Waals surface area contributed by atoms with E-state index < -0.39 is 5.60 Å². The van der Waals surface area contributed by atoms with Crippen molar-refractivity contribution in [2.45, 2.75) is 51.6 Å². The Hall–Kier alpha value is -1.05. The molecule has 0 spiro atoms. The summed E-state index contributed by atoms with van der Waals surface area (Å²) in [6, 6.07) is 0. The zero-order valence-corrected chi connectivity index (χ0v) is 9.77. The number of ether oxygens (including phenoxy) is 1. The van der Waals surface area contributed by atoms with Crippen molar-refractivity contribution in [3.63, 3.8) is 0 Å². The number of carbonyl (C=O) groups is 1. The van der Waals surface area contributed by atoms with Gasteiger partial charge in [-0.15, -0.1) is 0 Å². The predicted molar refractivity (Wildman–Crippen MR) is 61.5 cm³/mol. The Kier molecular flexibility index (Phi) is 3.72. The minimum absolute atomic E-state index is 0.292. The highest BCUT2D eigenvalue weighted by atomic mass is 16.6. The maximum absolute atomic E-state index is 11.6. The predicted octanol–water partition coefficient (Wildman–Crippen LogP) is 3.38. The second-order valence-corrected chi connectivity index (χ2v) is 4.33. The van der Waals surface area contributed by atoms with Gasteiger partial charge < -0.3 is 4.74 Å². The average Bonchev–Trinajstić information content (AvgIpc) is 2.21. The summed E-state index contributed by atoms with van der Waals surface area (Å²) in [5.74, 6) is -0.292. The van der Waals surface area contributed by atoms with Crippen molar-refractivity contribution in [3.05, 3.63) is 24.3 Å². The fraction of sp³-hybridized carbons (Fsp3) is 0.615. The molecule has 0 aromatic carbocycles. The fourth-order valence-corrected chi connectivity index (χ4v) is 2.04. The van der Waals surface area contributed by atoms with Gasteiger partial charge >= 0.3 is 5.97 Å². The van der Waals surface area contributed by atoms with Crippen molar-refractivity contribution in [1.82, 2.24) is 0 Å². The molecule has 1 unspecified atom stereocenters. The third-order valence-electron chi connectivity index (χ3n) is 3.16. The van der Waals surface area contributed by atoms with Gasteiger partial charge in [-0.3, -0.25) is 0 Å². The Morgan fingerprint density at radius 2 is 2.20 bits per heavy atom. The molecule has 84 valence electrons. The van der Waals surface area contributed by atoms with Crippen LogP contribution in [-0.4, -0.2) is 11.6 Å². The van der Waals surface area contributed by atoms with Crippen LogP contribution in [0.1, 0.15) is 46.0 Å². The first-order chi connectivity index (χ1) is 7.02. The Bertz CT molecular complexity index is 291. The summed E-state index contributed by atoms with van der Waals surface area (Å²) in [4.78, 5) is 11.6. The number of rotatable bonds is 3. The molecule has 0 amide bonds. The summed E-state index contributed by atoms with van der Waals surface area (Å²) < 4.78 is 5.56. The van der Waals surface area contributed by atoms with E-state index >= 15 is 0 Å². The first-order valence-corrected chi connectivity index (χ1v) is 5.59. The lowest BCUT2D eigenvalue weighted by molar-refractivity contribution is -0.153. The molecule has 0 N–H and O–H groups in total. The van der Waals surface area contributed by atoms with Gasteiger partial charge in [0.25, 0.3) is 0 Å². The molecule has 1 atom stereocenters. The topological polar surface area (TPSA) is 26.3 Å². The molecule has 0 heterocycles. The van der Waals surface area contributed by atoms with Crippen LogP contribution in [0.2, 0.25) is 0 Å². The molecular weight excluding hydrogens is 188 g/mol. The summed E-state index contributed by atoms with van der Waals surface area (Å²) in [7, 11) is 0.